The van der Waals surface area contributed by atoms with Crippen LogP contribution in [-0.2, 0) is 34.3 Å². The maximum absolute atomic E-state index is 11.9. The number of hydrogen-bond donors (Lipinski definition) is 0. The number of carbonyl (C=O) groups excluding carboxylic acids is 1. The number of ether oxygens (including phenoxy) is 3. The molecule has 0 amide bonds. The molecule has 35 heavy (non-hydrogen) atoms. The third-order valence-corrected chi connectivity index (χ3v) is 6.49. The summed E-state index contributed by atoms with van der Waals surface area (Å²) in [5.41, 5.74) is 4.56. The number of carbonyl (C=O) groups is 1. The van der Waals surface area contributed by atoms with Gasteiger partial charge in [-0.1, -0.05) is 35.5 Å². The van der Waals surface area contributed by atoms with Gasteiger partial charge in [0.2, 0.25) is 0 Å². The fourth-order valence-electron chi connectivity index (χ4n) is 4.58. The third kappa shape index (κ3) is 6.45. The van der Waals surface area contributed by atoms with E-state index in [1.165, 1.54) is 12.7 Å². The standard InChI is InChI=1S/C27H34N4O4/c1-19-25(35-22-12-7-11-21(17-22)27(32)33-3)15-14-23(28-19)26-24(31(2)30-29-26)13-8-16-34-18-20-9-5-4-6-10-20/h4-6,9-10,14-15,21-22H,7-8,11-13,16-18H2,1-3H3/t21?,22-/m0/s1. The van der Waals surface area contributed by atoms with Gasteiger partial charge in [-0.3, -0.25) is 9.48 Å². The number of aryl methyl sites for hydroxylation is 2. The fourth-order valence-corrected chi connectivity index (χ4v) is 4.58. The summed E-state index contributed by atoms with van der Waals surface area (Å²) in [7, 11) is 3.35. The Morgan fingerprint density at radius 2 is 1.97 bits per heavy atom. The maximum Gasteiger partial charge on any atom is 0.308 e. The lowest BCUT2D eigenvalue weighted by Crippen LogP contribution is -2.30. The summed E-state index contributed by atoms with van der Waals surface area (Å²) in [4.78, 5) is 16.7. The fraction of sp³-hybridized carbons (Fsp3) is 0.481. The van der Waals surface area contributed by atoms with Crippen LogP contribution in [0.25, 0.3) is 11.4 Å². The molecule has 1 unspecified atom stereocenters. The quantitative estimate of drug-likeness (QED) is 0.314. The Morgan fingerprint density at radius 1 is 1.14 bits per heavy atom. The number of nitrogens with zero attached hydrogens (tertiary/aromatic N) is 4. The smallest absolute Gasteiger partial charge is 0.308 e. The van der Waals surface area contributed by atoms with E-state index in [1.807, 2.05) is 49.0 Å². The van der Waals surface area contributed by atoms with Gasteiger partial charge in [-0.15, -0.1) is 5.10 Å². The van der Waals surface area contributed by atoms with Crippen molar-refractivity contribution in [2.45, 2.75) is 58.2 Å². The van der Waals surface area contributed by atoms with Crippen LogP contribution in [0.15, 0.2) is 42.5 Å². The maximum atomic E-state index is 11.9. The van der Waals surface area contributed by atoms with Crippen molar-refractivity contribution in [3.05, 3.63) is 59.4 Å². The zero-order chi connectivity index (χ0) is 24.6. The number of pyridine rings is 1. The van der Waals surface area contributed by atoms with Crippen molar-refractivity contribution in [1.82, 2.24) is 20.0 Å². The highest BCUT2D eigenvalue weighted by Gasteiger charge is 2.29. The molecule has 2 atom stereocenters. The molecular weight excluding hydrogens is 444 g/mol. The van der Waals surface area contributed by atoms with Gasteiger partial charge in [-0.05, 0) is 63.1 Å². The minimum Gasteiger partial charge on any atom is -0.489 e. The van der Waals surface area contributed by atoms with E-state index in [-0.39, 0.29) is 18.0 Å². The van der Waals surface area contributed by atoms with E-state index in [0.29, 0.717) is 19.6 Å². The summed E-state index contributed by atoms with van der Waals surface area (Å²) >= 11 is 0. The van der Waals surface area contributed by atoms with Gasteiger partial charge in [0.15, 0.2) is 0 Å². The highest BCUT2D eigenvalue weighted by Crippen LogP contribution is 2.31. The highest BCUT2D eigenvalue weighted by molar-refractivity contribution is 5.72. The zero-order valence-corrected chi connectivity index (χ0v) is 20.8. The third-order valence-electron chi connectivity index (χ3n) is 6.49. The minimum atomic E-state index is -0.149. The van der Waals surface area contributed by atoms with Gasteiger partial charge >= 0.3 is 5.97 Å². The molecule has 0 N–H and O–H groups in total. The predicted molar refractivity (Wildman–Crippen MR) is 132 cm³/mol. The molecule has 1 saturated carbocycles. The van der Waals surface area contributed by atoms with Crippen molar-refractivity contribution in [2.24, 2.45) is 13.0 Å². The Bertz CT molecular complexity index is 1120. The first-order valence-electron chi connectivity index (χ1n) is 12.3. The first-order valence-corrected chi connectivity index (χ1v) is 12.3. The summed E-state index contributed by atoms with van der Waals surface area (Å²) in [6, 6.07) is 14.1. The Balaban J connectivity index is 1.35. The van der Waals surface area contributed by atoms with Gasteiger partial charge in [0, 0.05) is 13.7 Å². The Hall–Kier alpha value is -3.26. The van der Waals surface area contributed by atoms with Crippen molar-refractivity contribution >= 4 is 5.97 Å². The first kappa shape index (κ1) is 24.9. The summed E-state index contributed by atoms with van der Waals surface area (Å²) in [6.45, 7) is 3.21. The summed E-state index contributed by atoms with van der Waals surface area (Å²) < 4.78 is 18.8. The summed E-state index contributed by atoms with van der Waals surface area (Å²) in [5, 5.41) is 8.60. The van der Waals surface area contributed by atoms with Crippen LogP contribution in [0.3, 0.4) is 0 Å². The van der Waals surface area contributed by atoms with E-state index in [4.69, 9.17) is 19.2 Å². The van der Waals surface area contributed by atoms with Gasteiger partial charge < -0.3 is 14.2 Å². The molecule has 1 aliphatic carbocycles. The molecule has 8 heteroatoms. The van der Waals surface area contributed by atoms with Crippen LogP contribution in [0.1, 0.15) is 49.1 Å². The number of rotatable bonds is 10. The molecule has 186 valence electrons. The average molecular weight is 479 g/mol. The van der Waals surface area contributed by atoms with Gasteiger partial charge in [0.05, 0.1) is 42.8 Å². The molecule has 0 bridgehead atoms. The molecule has 1 fully saturated rings. The monoisotopic (exact) mass is 478 g/mol. The zero-order valence-electron chi connectivity index (χ0n) is 20.8. The topological polar surface area (TPSA) is 88.4 Å². The van der Waals surface area contributed by atoms with E-state index in [9.17, 15) is 4.79 Å². The normalized spacial score (nSPS) is 17.8. The molecule has 0 saturated heterocycles. The van der Waals surface area contributed by atoms with E-state index in [2.05, 4.69) is 22.4 Å². The largest absolute Gasteiger partial charge is 0.489 e. The molecule has 2 aromatic heterocycles. The van der Waals surface area contributed by atoms with Crippen molar-refractivity contribution in [3.8, 4) is 17.1 Å². The molecule has 2 heterocycles. The van der Waals surface area contributed by atoms with Gasteiger partial charge in [0.25, 0.3) is 0 Å². The summed E-state index contributed by atoms with van der Waals surface area (Å²) in [6.07, 6.45) is 5.06. The molecule has 1 aliphatic rings. The van der Waals surface area contributed by atoms with E-state index >= 15 is 0 Å². The molecule has 4 rings (SSSR count). The van der Waals surface area contributed by atoms with Crippen LogP contribution in [0.5, 0.6) is 5.75 Å². The number of esters is 1. The molecular formula is C27H34N4O4. The van der Waals surface area contributed by atoms with Crippen LogP contribution in [0.4, 0.5) is 0 Å². The van der Waals surface area contributed by atoms with Crippen LogP contribution in [0, 0.1) is 12.8 Å². The number of methoxy groups -OCH3 is 1. The molecule has 0 aliphatic heterocycles. The molecule has 1 aromatic carbocycles. The Labute approximate surface area is 206 Å². The number of hydrogen-bond acceptors (Lipinski definition) is 7. The van der Waals surface area contributed by atoms with Crippen molar-refractivity contribution in [2.75, 3.05) is 13.7 Å². The molecule has 3 aromatic rings. The van der Waals surface area contributed by atoms with Crippen LogP contribution in [0.2, 0.25) is 0 Å². The Morgan fingerprint density at radius 3 is 2.74 bits per heavy atom. The second kappa shape index (κ2) is 11.9. The lowest BCUT2D eigenvalue weighted by atomic mass is 9.87. The van der Waals surface area contributed by atoms with E-state index in [0.717, 1.165) is 60.6 Å². The number of aromatic nitrogens is 4. The van der Waals surface area contributed by atoms with Gasteiger partial charge in [0.1, 0.15) is 11.4 Å². The lowest BCUT2D eigenvalue weighted by Gasteiger charge is -2.28. The van der Waals surface area contributed by atoms with Crippen molar-refractivity contribution in [3.63, 3.8) is 0 Å². The lowest BCUT2D eigenvalue weighted by molar-refractivity contribution is -0.147. The minimum absolute atomic E-state index is 0.0119. The van der Waals surface area contributed by atoms with Gasteiger partial charge in [-0.25, -0.2) is 4.98 Å². The SMILES string of the molecule is COC(=O)C1CCC[C@H](Oc2ccc(-c3nnn(C)c3CCCOCc3ccccc3)nc2C)C1. The second-order valence-corrected chi connectivity index (χ2v) is 9.06. The van der Waals surface area contributed by atoms with Crippen LogP contribution >= 0.6 is 0 Å². The second-order valence-electron chi connectivity index (χ2n) is 9.06. The Kier molecular flexibility index (Phi) is 8.47. The van der Waals surface area contributed by atoms with E-state index in [1.54, 1.807) is 0 Å². The highest BCUT2D eigenvalue weighted by atomic mass is 16.5. The van der Waals surface area contributed by atoms with Crippen LogP contribution < -0.4 is 4.74 Å². The van der Waals surface area contributed by atoms with Crippen LogP contribution in [-0.4, -0.2) is 45.8 Å². The molecule has 0 radical (unpaired) electrons. The molecule has 8 nitrogen and oxygen atoms in total. The van der Waals surface area contributed by atoms with Crippen molar-refractivity contribution < 1.29 is 19.0 Å². The average Bonchev–Trinajstić information content (AvgIpc) is 3.25. The summed E-state index contributed by atoms with van der Waals surface area (Å²) in [5.74, 6) is 0.498. The number of benzene rings is 1. The first-order chi connectivity index (χ1) is 17.0. The molecule has 0 spiro atoms. The van der Waals surface area contributed by atoms with Gasteiger partial charge in [-0.2, -0.15) is 0 Å². The predicted octanol–water partition coefficient (Wildman–Crippen LogP) is 4.45. The van der Waals surface area contributed by atoms with E-state index < -0.39 is 0 Å². The van der Waals surface area contributed by atoms with Crippen molar-refractivity contribution in [1.29, 1.82) is 0 Å².